The second kappa shape index (κ2) is 12.8. The molecule has 0 fully saturated rings. The number of nitrogens with zero attached hydrogens (tertiary/aromatic N) is 2. The smallest absolute Gasteiger partial charge is 0.254 e. The molecule has 0 radical (unpaired) electrons. The van der Waals surface area contributed by atoms with E-state index in [0.29, 0.717) is 25.2 Å². The number of carbonyl (C=O) groups is 2. The molecule has 2 aromatic carbocycles. The number of benzene rings is 2. The summed E-state index contributed by atoms with van der Waals surface area (Å²) < 4.78 is 0. The fraction of sp³-hybridized carbons (Fsp3) is 0.286. The molecular formula is C28H32N2O2S. The molecule has 1 heterocycles. The van der Waals surface area contributed by atoms with E-state index in [2.05, 4.69) is 13.5 Å². The Balaban J connectivity index is 1.73. The van der Waals surface area contributed by atoms with Crippen LogP contribution in [0.15, 0.2) is 84.8 Å². The van der Waals surface area contributed by atoms with Crippen LogP contribution in [0.4, 0.5) is 0 Å². The third kappa shape index (κ3) is 7.43. The van der Waals surface area contributed by atoms with Crippen molar-refractivity contribution in [1.29, 1.82) is 0 Å². The molecule has 3 rings (SSSR count). The fourth-order valence-corrected chi connectivity index (χ4v) is 4.36. The highest BCUT2D eigenvalue weighted by molar-refractivity contribution is 7.09. The average molecular weight is 461 g/mol. The van der Waals surface area contributed by atoms with Crippen LogP contribution in [-0.2, 0) is 24.3 Å². The number of amides is 2. The molecule has 0 N–H and O–H groups in total. The van der Waals surface area contributed by atoms with Crippen LogP contribution in [0.2, 0.25) is 0 Å². The maximum Gasteiger partial charge on any atom is 0.254 e. The summed E-state index contributed by atoms with van der Waals surface area (Å²) in [6.45, 7) is 7.31. The standard InChI is InChI=1S/C28H32N2O2S/c1-3-5-10-23-14-16-25(17-15-23)28(32)29(18-4-2)22-27(31)30(21-26-13-9-19-33-26)20-24-11-7-6-8-12-24/h4,6-9,11-17,19H,2-3,5,10,18,20-22H2,1H3. The quantitative estimate of drug-likeness (QED) is 0.314. The number of rotatable bonds is 12. The first-order valence-corrected chi connectivity index (χ1v) is 12.3. The summed E-state index contributed by atoms with van der Waals surface area (Å²) in [4.78, 5) is 31.1. The summed E-state index contributed by atoms with van der Waals surface area (Å²) in [6, 6.07) is 21.7. The Morgan fingerprint density at radius 1 is 0.909 bits per heavy atom. The highest BCUT2D eigenvalue weighted by atomic mass is 32.1. The van der Waals surface area contributed by atoms with Crippen molar-refractivity contribution in [3.05, 3.63) is 106 Å². The summed E-state index contributed by atoms with van der Waals surface area (Å²) in [6.07, 6.45) is 4.95. The molecule has 0 aliphatic carbocycles. The molecule has 0 saturated heterocycles. The molecule has 0 atom stereocenters. The van der Waals surface area contributed by atoms with E-state index in [0.717, 1.165) is 29.7 Å². The van der Waals surface area contributed by atoms with Crippen molar-refractivity contribution in [3.8, 4) is 0 Å². The molecule has 1 aromatic heterocycles. The van der Waals surface area contributed by atoms with Crippen molar-refractivity contribution in [2.45, 2.75) is 39.3 Å². The summed E-state index contributed by atoms with van der Waals surface area (Å²) in [7, 11) is 0. The number of hydrogen-bond acceptors (Lipinski definition) is 3. The van der Waals surface area contributed by atoms with Gasteiger partial charge in [-0.1, -0.05) is 68.0 Å². The van der Waals surface area contributed by atoms with E-state index < -0.39 is 0 Å². The van der Waals surface area contributed by atoms with E-state index in [4.69, 9.17) is 0 Å². The summed E-state index contributed by atoms with van der Waals surface area (Å²) in [5.74, 6) is -0.233. The van der Waals surface area contributed by atoms with Gasteiger partial charge in [0, 0.05) is 23.5 Å². The van der Waals surface area contributed by atoms with Gasteiger partial charge in [0.05, 0.1) is 6.54 Å². The molecule has 0 aliphatic rings. The van der Waals surface area contributed by atoms with E-state index >= 15 is 0 Å². The van der Waals surface area contributed by atoms with Gasteiger partial charge >= 0.3 is 0 Å². The van der Waals surface area contributed by atoms with Crippen LogP contribution in [0.25, 0.3) is 0 Å². The van der Waals surface area contributed by atoms with Gasteiger partial charge in [0.1, 0.15) is 6.54 Å². The van der Waals surface area contributed by atoms with Crippen LogP contribution in [-0.4, -0.2) is 34.7 Å². The lowest BCUT2D eigenvalue weighted by atomic mass is 10.1. The third-order valence-electron chi connectivity index (χ3n) is 5.48. The Bertz CT molecular complexity index is 1010. The Hall–Kier alpha value is -3.18. The van der Waals surface area contributed by atoms with Crippen molar-refractivity contribution in [3.63, 3.8) is 0 Å². The van der Waals surface area contributed by atoms with Crippen LogP contribution >= 0.6 is 11.3 Å². The lowest BCUT2D eigenvalue weighted by Crippen LogP contribution is -2.42. The lowest BCUT2D eigenvalue weighted by Gasteiger charge is -2.27. The predicted molar refractivity (Wildman–Crippen MR) is 136 cm³/mol. The van der Waals surface area contributed by atoms with Gasteiger partial charge in [0.2, 0.25) is 5.91 Å². The minimum absolute atomic E-state index is 0.0145. The largest absolute Gasteiger partial charge is 0.332 e. The zero-order chi connectivity index (χ0) is 23.5. The highest BCUT2D eigenvalue weighted by Crippen LogP contribution is 2.16. The van der Waals surface area contributed by atoms with Gasteiger partial charge in [-0.25, -0.2) is 0 Å². The van der Waals surface area contributed by atoms with E-state index in [-0.39, 0.29) is 18.4 Å². The third-order valence-corrected chi connectivity index (χ3v) is 6.34. The molecule has 0 aliphatic heterocycles. The van der Waals surface area contributed by atoms with Gasteiger partial charge < -0.3 is 9.80 Å². The molecule has 0 bridgehead atoms. The maximum atomic E-state index is 13.4. The molecule has 0 spiro atoms. The van der Waals surface area contributed by atoms with Gasteiger partial charge in [0.15, 0.2) is 0 Å². The molecule has 3 aromatic rings. The van der Waals surface area contributed by atoms with Gasteiger partial charge in [-0.05, 0) is 47.5 Å². The molecule has 33 heavy (non-hydrogen) atoms. The van der Waals surface area contributed by atoms with Crippen LogP contribution in [0.5, 0.6) is 0 Å². The van der Waals surface area contributed by atoms with E-state index in [1.807, 2.05) is 77.0 Å². The minimum atomic E-state index is -0.152. The average Bonchev–Trinajstić information content (AvgIpc) is 3.36. The van der Waals surface area contributed by atoms with Gasteiger partial charge in [-0.3, -0.25) is 9.59 Å². The minimum Gasteiger partial charge on any atom is -0.332 e. The SMILES string of the molecule is C=CCN(CC(=O)N(Cc1ccccc1)Cc1cccs1)C(=O)c1ccc(CCCC)cc1. The van der Waals surface area contributed by atoms with Crippen LogP contribution < -0.4 is 0 Å². The zero-order valence-corrected chi connectivity index (χ0v) is 20.1. The first kappa shape index (κ1) is 24.5. The van der Waals surface area contributed by atoms with Gasteiger partial charge in [-0.15, -0.1) is 17.9 Å². The molecular weight excluding hydrogens is 428 g/mol. The van der Waals surface area contributed by atoms with Crippen LogP contribution in [0.3, 0.4) is 0 Å². The van der Waals surface area contributed by atoms with Gasteiger partial charge in [-0.2, -0.15) is 0 Å². The second-order valence-electron chi connectivity index (χ2n) is 8.09. The highest BCUT2D eigenvalue weighted by Gasteiger charge is 2.22. The normalized spacial score (nSPS) is 10.6. The molecule has 172 valence electrons. The Morgan fingerprint density at radius 2 is 1.67 bits per heavy atom. The lowest BCUT2D eigenvalue weighted by molar-refractivity contribution is -0.133. The predicted octanol–water partition coefficient (Wildman–Crippen LogP) is 5.95. The monoisotopic (exact) mass is 460 g/mol. The fourth-order valence-electron chi connectivity index (χ4n) is 3.64. The van der Waals surface area contributed by atoms with Crippen LogP contribution in [0.1, 0.15) is 46.1 Å². The van der Waals surface area contributed by atoms with E-state index in [9.17, 15) is 9.59 Å². The second-order valence-corrected chi connectivity index (χ2v) is 9.12. The topological polar surface area (TPSA) is 40.6 Å². The first-order valence-electron chi connectivity index (χ1n) is 11.4. The summed E-state index contributed by atoms with van der Waals surface area (Å²) >= 11 is 1.63. The number of aryl methyl sites for hydroxylation is 1. The summed E-state index contributed by atoms with van der Waals surface area (Å²) in [5, 5.41) is 2.01. The maximum absolute atomic E-state index is 13.4. The van der Waals surface area contributed by atoms with Crippen LogP contribution in [0, 0.1) is 0 Å². The molecule has 4 nitrogen and oxygen atoms in total. The Labute approximate surface area is 201 Å². The Kier molecular flexibility index (Phi) is 9.45. The number of carbonyl (C=O) groups excluding carboxylic acids is 2. The van der Waals surface area contributed by atoms with Crippen molar-refractivity contribution >= 4 is 23.2 Å². The van der Waals surface area contributed by atoms with Crippen molar-refractivity contribution < 1.29 is 9.59 Å². The van der Waals surface area contributed by atoms with E-state index in [1.165, 1.54) is 5.56 Å². The zero-order valence-electron chi connectivity index (χ0n) is 19.3. The van der Waals surface area contributed by atoms with Crippen molar-refractivity contribution in [2.75, 3.05) is 13.1 Å². The molecule has 5 heteroatoms. The van der Waals surface area contributed by atoms with Gasteiger partial charge in [0.25, 0.3) is 5.91 Å². The van der Waals surface area contributed by atoms with E-state index in [1.54, 1.807) is 22.3 Å². The number of thiophene rings is 1. The first-order chi connectivity index (χ1) is 16.1. The number of hydrogen-bond donors (Lipinski definition) is 0. The molecule has 0 unspecified atom stereocenters. The molecule has 2 amide bonds. The van der Waals surface area contributed by atoms with Crippen molar-refractivity contribution in [2.24, 2.45) is 0 Å². The Morgan fingerprint density at radius 3 is 2.30 bits per heavy atom. The number of unbranched alkanes of at least 4 members (excludes halogenated alkanes) is 1. The van der Waals surface area contributed by atoms with Crippen molar-refractivity contribution in [1.82, 2.24) is 9.80 Å². The molecule has 0 saturated carbocycles. The summed E-state index contributed by atoms with van der Waals surface area (Å²) in [5.41, 5.74) is 2.88.